The van der Waals surface area contributed by atoms with Crippen LogP contribution in [0.1, 0.15) is 19.3 Å². The van der Waals surface area contributed by atoms with Gasteiger partial charge in [0, 0.05) is 26.2 Å². The van der Waals surface area contributed by atoms with Crippen molar-refractivity contribution in [1.82, 2.24) is 9.34 Å². The highest BCUT2D eigenvalue weighted by Crippen LogP contribution is 2.56. The fraction of sp³-hybridized carbons (Fsp3) is 1.00. The lowest BCUT2D eigenvalue weighted by Crippen LogP contribution is -2.40. The van der Waals surface area contributed by atoms with Crippen molar-refractivity contribution in [2.75, 3.05) is 71.4 Å². The third-order valence-corrected chi connectivity index (χ3v) is 8.43. The van der Waals surface area contributed by atoms with Crippen LogP contribution in [0, 0.1) is 0 Å². The Kier molecular flexibility index (Phi) is 11.5. The number of rotatable bonds is 15. The molecular weight excluding hydrogens is 499 g/mol. The zero-order valence-electron chi connectivity index (χ0n) is 17.8. The van der Waals surface area contributed by atoms with Crippen LogP contribution in [-0.4, -0.2) is 106 Å². The molecule has 0 saturated carbocycles. The predicted octanol–water partition coefficient (Wildman–Crippen LogP) is -0.172. The monoisotopic (exact) mass is 530 g/mol. The molecule has 31 heavy (non-hydrogen) atoms. The molecule has 1 aliphatic heterocycles. The second-order valence-corrected chi connectivity index (χ2v) is 14.2. The van der Waals surface area contributed by atoms with Crippen LogP contribution in [0.3, 0.4) is 0 Å². The maximum absolute atomic E-state index is 13.7. The fourth-order valence-electron chi connectivity index (χ4n) is 2.71. The first-order chi connectivity index (χ1) is 14.1. The molecule has 1 atom stereocenters. The molecule has 0 aliphatic carbocycles. The Labute approximate surface area is 184 Å². The van der Waals surface area contributed by atoms with Gasteiger partial charge in [-0.05, 0) is 19.3 Å². The lowest BCUT2D eigenvalue weighted by atomic mass is 10.4. The largest absolute Gasteiger partial charge is 0.346 e. The van der Waals surface area contributed by atoms with Crippen molar-refractivity contribution < 1.29 is 46.9 Å². The maximum Gasteiger partial charge on any atom is 0.346 e. The first-order valence-corrected chi connectivity index (χ1v) is 16.4. The molecule has 0 radical (unpaired) electrons. The van der Waals surface area contributed by atoms with Crippen LogP contribution in [0.5, 0.6) is 0 Å². The van der Waals surface area contributed by atoms with Crippen molar-refractivity contribution in [2.45, 2.75) is 19.3 Å². The second-order valence-electron chi connectivity index (χ2n) is 6.87. The Morgan fingerprint density at radius 2 is 1.29 bits per heavy atom. The van der Waals surface area contributed by atoms with E-state index in [9.17, 15) is 29.8 Å². The first-order valence-electron chi connectivity index (χ1n) is 9.41. The molecule has 17 heteroatoms. The maximum atomic E-state index is 13.7. The minimum absolute atomic E-state index is 0.0283. The van der Waals surface area contributed by atoms with Crippen LogP contribution >= 0.6 is 7.67 Å². The molecule has 0 aromatic rings. The number of hydrogen-bond donors (Lipinski definition) is 0. The van der Waals surface area contributed by atoms with E-state index < -0.39 is 38.0 Å². The van der Waals surface area contributed by atoms with Crippen LogP contribution < -0.4 is 0 Å². The Hall–Kier alpha value is -0.160. The molecule has 0 N–H and O–H groups in total. The summed E-state index contributed by atoms with van der Waals surface area (Å²) in [6.07, 6.45) is 3.74. The van der Waals surface area contributed by atoms with E-state index >= 15 is 0 Å². The van der Waals surface area contributed by atoms with E-state index in [1.54, 1.807) is 0 Å². The fourth-order valence-corrected chi connectivity index (χ4v) is 6.50. The molecule has 1 heterocycles. The van der Waals surface area contributed by atoms with Crippen molar-refractivity contribution in [3.63, 3.8) is 0 Å². The minimum atomic E-state index is -3.66. The van der Waals surface area contributed by atoms with Crippen LogP contribution in [0.25, 0.3) is 0 Å². The predicted molar refractivity (Wildman–Crippen MR) is 113 cm³/mol. The van der Waals surface area contributed by atoms with Crippen LogP contribution in [0.15, 0.2) is 0 Å². The molecular formula is C14H31N2O11PS3. The zero-order chi connectivity index (χ0) is 23.8. The molecule has 0 aromatic heterocycles. The van der Waals surface area contributed by atoms with Crippen LogP contribution in [-0.2, 0) is 52.0 Å². The van der Waals surface area contributed by atoms with Gasteiger partial charge in [-0.2, -0.15) is 25.3 Å². The molecule has 0 bridgehead atoms. The SMILES string of the molecule is CS(=O)(=O)OCCCN(CCCOS(C)(=O)=O)P1(=O)OCCCN1CCOS(C)(=O)=O. The van der Waals surface area contributed by atoms with E-state index in [1.807, 2.05) is 0 Å². The minimum Gasteiger partial charge on any atom is -0.306 e. The lowest BCUT2D eigenvalue weighted by Gasteiger charge is -2.41. The molecule has 1 aliphatic rings. The Morgan fingerprint density at radius 3 is 1.74 bits per heavy atom. The molecule has 0 amide bonds. The topological polar surface area (TPSA) is 163 Å². The molecule has 0 aromatic carbocycles. The van der Waals surface area contributed by atoms with Gasteiger partial charge >= 0.3 is 7.67 Å². The molecule has 1 rings (SSSR count). The lowest BCUT2D eigenvalue weighted by molar-refractivity contribution is 0.147. The quantitative estimate of drug-likeness (QED) is 0.156. The average Bonchev–Trinajstić information content (AvgIpc) is 2.59. The summed E-state index contributed by atoms with van der Waals surface area (Å²) in [5, 5.41) is 0. The standard InChI is InChI=1S/C14H31N2O11PS3/c1-29(18,19)25-12-5-8-15(9-6-13-26-30(2,20)21)28(17)16(7-4-11-24-28)10-14-27-31(3,22)23/h4-14H2,1-3H3. The van der Waals surface area contributed by atoms with Gasteiger partial charge in [-0.15, -0.1) is 0 Å². The summed E-state index contributed by atoms with van der Waals surface area (Å²) in [6, 6.07) is 0. The van der Waals surface area contributed by atoms with Gasteiger partial charge in [0.05, 0.1) is 45.2 Å². The highest BCUT2D eigenvalue weighted by Gasteiger charge is 2.40. The van der Waals surface area contributed by atoms with Gasteiger partial charge in [0.2, 0.25) is 0 Å². The molecule has 1 unspecified atom stereocenters. The Balaban J connectivity index is 2.86. The van der Waals surface area contributed by atoms with Gasteiger partial charge in [-0.25, -0.2) is 9.34 Å². The summed E-state index contributed by atoms with van der Waals surface area (Å²) in [5.41, 5.74) is 0. The van der Waals surface area contributed by atoms with Crippen LogP contribution in [0.2, 0.25) is 0 Å². The summed E-state index contributed by atoms with van der Waals surface area (Å²) in [5.74, 6) is 0. The van der Waals surface area contributed by atoms with Crippen LogP contribution in [0.4, 0.5) is 0 Å². The zero-order valence-corrected chi connectivity index (χ0v) is 21.2. The van der Waals surface area contributed by atoms with Crippen molar-refractivity contribution >= 4 is 38.0 Å². The van der Waals surface area contributed by atoms with E-state index in [2.05, 4.69) is 0 Å². The third kappa shape index (κ3) is 12.6. The summed E-state index contributed by atoms with van der Waals surface area (Å²) in [4.78, 5) is 0. The van der Waals surface area contributed by atoms with Crippen molar-refractivity contribution in [1.29, 1.82) is 0 Å². The van der Waals surface area contributed by atoms with E-state index in [-0.39, 0.29) is 58.9 Å². The third-order valence-electron chi connectivity index (χ3n) is 3.90. The first kappa shape index (κ1) is 28.9. The van der Waals surface area contributed by atoms with Gasteiger partial charge in [-0.1, -0.05) is 0 Å². The van der Waals surface area contributed by atoms with Gasteiger partial charge in [0.25, 0.3) is 30.4 Å². The molecule has 1 saturated heterocycles. The van der Waals surface area contributed by atoms with Gasteiger partial charge in [0.1, 0.15) is 0 Å². The second kappa shape index (κ2) is 12.3. The van der Waals surface area contributed by atoms with Crippen molar-refractivity contribution in [3.8, 4) is 0 Å². The Morgan fingerprint density at radius 1 is 0.839 bits per heavy atom. The summed E-state index contributed by atoms with van der Waals surface area (Å²) in [7, 11) is -14.5. The van der Waals surface area contributed by atoms with E-state index in [0.29, 0.717) is 13.0 Å². The van der Waals surface area contributed by atoms with Gasteiger partial charge in [-0.3, -0.25) is 17.1 Å². The molecule has 0 spiro atoms. The molecule has 13 nitrogen and oxygen atoms in total. The highest BCUT2D eigenvalue weighted by molar-refractivity contribution is 7.86. The summed E-state index contributed by atoms with van der Waals surface area (Å²) >= 11 is 0. The normalized spacial score (nSPS) is 21.5. The molecule has 186 valence electrons. The van der Waals surface area contributed by atoms with Gasteiger partial charge < -0.3 is 4.52 Å². The van der Waals surface area contributed by atoms with Crippen molar-refractivity contribution in [3.05, 3.63) is 0 Å². The Bertz CT molecular complexity index is 881. The number of nitrogens with zero attached hydrogens (tertiary/aromatic N) is 2. The van der Waals surface area contributed by atoms with Gasteiger partial charge in [0.15, 0.2) is 0 Å². The van der Waals surface area contributed by atoms with Crippen molar-refractivity contribution in [2.24, 2.45) is 0 Å². The van der Waals surface area contributed by atoms with E-state index in [1.165, 1.54) is 9.34 Å². The highest BCUT2D eigenvalue weighted by atomic mass is 32.2. The summed E-state index contributed by atoms with van der Waals surface area (Å²) in [6.45, 7) is 0.412. The summed E-state index contributed by atoms with van der Waals surface area (Å²) < 4.78 is 103. The smallest absolute Gasteiger partial charge is 0.306 e. The van der Waals surface area contributed by atoms with E-state index in [0.717, 1.165) is 18.8 Å². The number of hydrogen-bond acceptors (Lipinski definition) is 11. The van der Waals surface area contributed by atoms with E-state index in [4.69, 9.17) is 17.1 Å². The molecule has 1 fully saturated rings. The average molecular weight is 531 g/mol.